The molecule has 1 aliphatic rings. The van der Waals surface area contributed by atoms with Gasteiger partial charge in [0.15, 0.2) is 0 Å². The van der Waals surface area contributed by atoms with Crippen molar-refractivity contribution in [2.45, 2.75) is 26.2 Å². The van der Waals surface area contributed by atoms with Gasteiger partial charge in [-0.3, -0.25) is 4.79 Å². The Morgan fingerprint density at radius 2 is 2.00 bits per heavy atom. The zero-order valence-electron chi connectivity index (χ0n) is 20.0. The summed E-state index contributed by atoms with van der Waals surface area (Å²) in [7, 11) is 0. The summed E-state index contributed by atoms with van der Waals surface area (Å²) in [5.74, 6) is -0.394. The molecule has 0 bridgehead atoms. The molecule has 36 heavy (non-hydrogen) atoms. The second-order valence-electron chi connectivity index (χ2n) is 8.53. The molecule has 0 aliphatic carbocycles. The van der Waals surface area contributed by atoms with Crippen molar-refractivity contribution in [2.24, 2.45) is 0 Å². The maximum Gasteiger partial charge on any atom is 0.247 e. The van der Waals surface area contributed by atoms with E-state index in [1.807, 2.05) is 37.4 Å². The first kappa shape index (κ1) is 25.2. The number of aromatic amines is 1. The Morgan fingerprint density at radius 1 is 1.25 bits per heavy atom. The summed E-state index contributed by atoms with van der Waals surface area (Å²) in [6.45, 7) is 7.05. The van der Waals surface area contributed by atoms with E-state index in [1.54, 1.807) is 6.07 Å². The largest absolute Gasteiger partial charge is 0.369 e. The van der Waals surface area contributed by atoms with Crippen molar-refractivity contribution in [3.05, 3.63) is 77.9 Å². The number of benzene rings is 2. The number of amides is 1. The average Bonchev–Trinajstić information content (AvgIpc) is 3.32. The predicted octanol–water partition coefficient (Wildman–Crippen LogP) is 6.11. The molecule has 1 amide bonds. The highest BCUT2D eigenvalue weighted by Crippen LogP contribution is 2.32. The molecular formula is C27H28ClFN6O. The number of fused-ring (bicyclic) bond motifs is 1. The number of nitrogens with two attached hydrogens (primary N) is 1. The van der Waals surface area contributed by atoms with Gasteiger partial charge in [-0.15, -0.1) is 0 Å². The molecule has 2 aromatic heterocycles. The van der Waals surface area contributed by atoms with Crippen LogP contribution in [0, 0.1) is 12.7 Å². The summed E-state index contributed by atoms with van der Waals surface area (Å²) in [4.78, 5) is 24.6. The Bertz CT molecular complexity index is 1400. The van der Waals surface area contributed by atoms with Gasteiger partial charge < -0.3 is 20.9 Å². The first-order chi connectivity index (χ1) is 17.4. The van der Waals surface area contributed by atoms with Gasteiger partial charge in [0, 0.05) is 41.4 Å². The number of aryl methyl sites for hydroxylation is 1. The van der Waals surface area contributed by atoms with E-state index in [0.717, 1.165) is 48.0 Å². The minimum Gasteiger partial charge on any atom is -0.369 e. The van der Waals surface area contributed by atoms with E-state index < -0.39 is 0 Å². The van der Waals surface area contributed by atoms with E-state index in [2.05, 4.69) is 31.7 Å². The molecule has 7 nitrogen and oxygen atoms in total. The second kappa shape index (κ2) is 11.2. The van der Waals surface area contributed by atoms with Crippen LogP contribution in [0.15, 0.2) is 61.4 Å². The van der Waals surface area contributed by atoms with Gasteiger partial charge in [0.25, 0.3) is 0 Å². The second-order valence-corrected chi connectivity index (χ2v) is 8.94. The summed E-state index contributed by atoms with van der Waals surface area (Å²) in [6.07, 6.45) is 7.99. The summed E-state index contributed by atoms with van der Waals surface area (Å²) in [5.41, 5.74) is 10.2. The van der Waals surface area contributed by atoms with E-state index in [-0.39, 0.29) is 17.7 Å². The molecule has 0 saturated carbocycles. The zero-order chi connectivity index (χ0) is 25.7. The number of carbonyl (C=O) groups excluding carboxylic acids is 1. The number of aromatic nitrogens is 3. The van der Waals surface area contributed by atoms with Gasteiger partial charge >= 0.3 is 0 Å². The van der Waals surface area contributed by atoms with E-state index in [1.165, 1.54) is 24.8 Å². The molecule has 0 atom stereocenters. The van der Waals surface area contributed by atoms with Crippen molar-refractivity contribution in [1.29, 1.82) is 0 Å². The Balaban J connectivity index is 0.000000170. The molecule has 1 saturated heterocycles. The van der Waals surface area contributed by atoms with Crippen LogP contribution in [0.2, 0.25) is 5.02 Å². The van der Waals surface area contributed by atoms with Crippen molar-refractivity contribution in [3.63, 3.8) is 0 Å². The lowest BCUT2D eigenvalue weighted by atomic mass is 10.1. The highest BCUT2D eigenvalue weighted by atomic mass is 35.5. The number of hydrogen-bond acceptors (Lipinski definition) is 5. The van der Waals surface area contributed by atoms with Crippen LogP contribution in [-0.2, 0) is 4.79 Å². The summed E-state index contributed by atoms with van der Waals surface area (Å²) in [5, 5.41) is 4.17. The molecule has 2 aromatic carbocycles. The van der Waals surface area contributed by atoms with Crippen LogP contribution in [0.25, 0.3) is 22.2 Å². The van der Waals surface area contributed by atoms with Crippen LogP contribution >= 0.6 is 11.6 Å². The number of nitrogen functional groups attached to an aromatic ring is 1. The number of nitrogens with zero attached hydrogens (tertiary/aromatic N) is 3. The van der Waals surface area contributed by atoms with Crippen molar-refractivity contribution >= 4 is 45.7 Å². The fraction of sp³-hybridized carbons (Fsp3) is 0.222. The van der Waals surface area contributed by atoms with E-state index in [9.17, 15) is 9.18 Å². The maximum atomic E-state index is 14.2. The number of piperidine rings is 1. The first-order valence-corrected chi connectivity index (χ1v) is 12.1. The predicted molar refractivity (Wildman–Crippen MR) is 145 cm³/mol. The van der Waals surface area contributed by atoms with Gasteiger partial charge in [-0.2, -0.15) is 0 Å². The fourth-order valence-corrected chi connectivity index (χ4v) is 4.39. The van der Waals surface area contributed by atoms with Gasteiger partial charge in [0.05, 0.1) is 22.6 Å². The number of H-pyrrole nitrogens is 1. The third-order valence-electron chi connectivity index (χ3n) is 6.04. The first-order valence-electron chi connectivity index (χ1n) is 11.7. The fourth-order valence-electron chi connectivity index (χ4n) is 4.20. The molecule has 0 spiro atoms. The highest BCUT2D eigenvalue weighted by Gasteiger charge is 2.17. The van der Waals surface area contributed by atoms with Gasteiger partial charge in [0.2, 0.25) is 11.9 Å². The van der Waals surface area contributed by atoms with Crippen LogP contribution < -0.4 is 16.0 Å². The van der Waals surface area contributed by atoms with Crippen LogP contribution in [-0.4, -0.2) is 33.9 Å². The van der Waals surface area contributed by atoms with Crippen LogP contribution in [0.1, 0.15) is 24.8 Å². The molecule has 1 fully saturated rings. The lowest BCUT2D eigenvalue weighted by Crippen LogP contribution is -2.30. The van der Waals surface area contributed by atoms with Gasteiger partial charge in [0.1, 0.15) is 5.82 Å². The lowest BCUT2D eigenvalue weighted by Gasteiger charge is -2.29. The molecule has 5 rings (SSSR count). The van der Waals surface area contributed by atoms with E-state index in [0.29, 0.717) is 22.1 Å². The molecule has 3 heterocycles. The van der Waals surface area contributed by atoms with Crippen LogP contribution in [0.5, 0.6) is 0 Å². The van der Waals surface area contributed by atoms with E-state index in [4.69, 9.17) is 17.3 Å². The SMILES string of the molecule is C=CC(=O)Nc1cc(F)c(N2CCCCC2)cc1C.Nc1ncc(Cl)c(-c2c[nH]c3ccccc23)n1. The summed E-state index contributed by atoms with van der Waals surface area (Å²) >= 11 is 6.09. The van der Waals surface area contributed by atoms with Crippen LogP contribution in [0.4, 0.5) is 21.7 Å². The number of carbonyl (C=O) groups is 1. The van der Waals surface area contributed by atoms with Crippen molar-refractivity contribution in [2.75, 3.05) is 29.0 Å². The number of para-hydroxylation sites is 1. The molecule has 186 valence electrons. The Kier molecular flexibility index (Phi) is 7.85. The number of hydrogen-bond donors (Lipinski definition) is 3. The van der Waals surface area contributed by atoms with Crippen molar-refractivity contribution in [3.8, 4) is 11.3 Å². The standard InChI is InChI=1S/C15H19FN2O.C12H9ClN4/c1-3-15(19)17-13-10-12(16)14(9-11(13)2)18-7-5-4-6-8-18;13-9-6-16-12(14)17-11(9)8-5-15-10-4-2-1-3-7(8)10/h3,9-10H,1,4-8H2,2H3,(H,17,19);1-6,15H,(H2,14,16,17). The Hall–Kier alpha value is -3.91. The van der Waals surface area contributed by atoms with Crippen molar-refractivity contribution in [1.82, 2.24) is 15.0 Å². The van der Waals surface area contributed by atoms with E-state index >= 15 is 0 Å². The maximum absolute atomic E-state index is 14.2. The minimum atomic E-state index is -0.326. The van der Waals surface area contributed by atoms with Crippen molar-refractivity contribution < 1.29 is 9.18 Å². The third-order valence-corrected chi connectivity index (χ3v) is 6.32. The number of halogens is 2. The highest BCUT2D eigenvalue weighted by molar-refractivity contribution is 6.33. The number of rotatable bonds is 4. The minimum absolute atomic E-state index is 0.217. The molecule has 4 aromatic rings. The third kappa shape index (κ3) is 5.66. The topological polar surface area (TPSA) is 99.9 Å². The van der Waals surface area contributed by atoms with Gasteiger partial charge in [-0.1, -0.05) is 36.4 Å². The van der Waals surface area contributed by atoms with Gasteiger partial charge in [-0.05, 0) is 56.0 Å². The number of anilines is 3. The smallest absolute Gasteiger partial charge is 0.247 e. The summed E-state index contributed by atoms with van der Waals surface area (Å²) in [6, 6.07) is 11.1. The monoisotopic (exact) mass is 506 g/mol. The number of nitrogens with one attached hydrogen (secondary N) is 2. The Labute approximate surface area is 214 Å². The zero-order valence-corrected chi connectivity index (χ0v) is 20.8. The quantitative estimate of drug-likeness (QED) is 0.290. The van der Waals surface area contributed by atoms with Gasteiger partial charge in [-0.25, -0.2) is 14.4 Å². The average molecular weight is 507 g/mol. The molecular weight excluding hydrogens is 479 g/mol. The van der Waals surface area contributed by atoms with Crippen LogP contribution in [0.3, 0.4) is 0 Å². The lowest BCUT2D eigenvalue weighted by molar-refractivity contribution is -0.111. The molecule has 1 aliphatic heterocycles. The molecule has 0 radical (unpaired) electrons. The molecule has 9 heteroatoms. The normalized spacial score (nSPS) is 13.1. The molecule has 4 N–H and O–H groups in total. The Morgan fingerprint density at radius 3 is 2.75 bits per heavy atom. The molecule has 0 unspecified atom stereocenters. The summed E-state index contributed by atoms with van der Waals surface area (Å²) < 4.78 is 14.2.